The standard InChI is InChI=1S/C13H8ClFO2/c14-11-5-9(4-10(6-11)13(16)17)8-2-1-3-12(15)7-8/h1-7H,(H,16,17). The molecule has 2 aromatic rings. The fourth-order valence-corrected chi connectivity index (χ4v) is 1.78. The van der Waals surface area contributed by atoms with E-state index in [4.69, 9.17) is 16.7 Å². The van der Waals surface area contributed by atoms with Gasteiger partial charge in [-0.25, -0.2) is 9.18 Å². The van der Waals surface area contributed by atoms with Gasteiger partial charge in [-0.3, -0.25) is 0 Å². The van der Waals surface area contributed by atoms with Crippen LogP contribution in [0.2, 0.25) is 5.02 Å². The van der Waals surface area contributed by atoms with Crippen LogP contribution in [0.5, 0.6) is 0 Å². The maximum absolute atomic E-state index is 13.1. The first-order valence-electron chi connectivity index (χ1n) is 4.86. The van der Waals surface area contributed by atoms with Crippen molar-refractivity contribution in [1.82, 2.24) is 0 Å². The van der Waals surface area contributed by atoms with Crippen molar-refractivity contribution in [3.63, 3.8) is 0 Å². The third kappa shape index (κ3) is 2.63. The van der Waals surface area contributed by atoms with E-state index in [0.29, 0.717) is 16.1 Å². The molecule has 0 aromatic heterocycles. The van der Waals surface area contributed by atoms with Crippen LogP contribution in [-0.4, -0.2) is 11.1 Å². The Morgan fingerprint density at radius 1 is 1.12 bits per heavy atom. The summed E-state index contributed by atoms with van der Waals surface area (Å²) < 4.78 is 13.1. The van der Waals surface area contributed by atoms with Gasteiger partial charge in [0.1, 0.15) is 5.82 Å². The highest BCUT2D eigenvalue weighted by atomic mass is 35.5. The van der Waals surface area contributed by atoms with E-state index in [1.807, 2.05) is 0 Å². The van der Waals surface area contributed by atoms with Gasteiger partial charge in [-0.1, -0.05) is 23.7 Å². The third-order valence-electron chi connectivity index (χ3n) is 2.30. The summed E-state index contributed by atoms with van der Waals surface area (Å²) in [7, 11) is 0. The van der Waals surface area contributed by atoms with Crippen LogP contribution in [0.1, 0.15) is 10.4 Å². The molecule has 0 aliphatic carbocycles. The number of benzene rings is 2. The number of aromatic carboxylic acids is 1. The van der Waals surface area contributed by atoms with Crippen LogP contribution in [0.15, 0.2) is 42.5 Å². The Labute approximate surface area is 102 Å². The third-order valence-corrected chi connectivity index (χ3v) is 2.52. The monoisotopic (exact) mass is 250 g/mol. The van der Waals surface area contributed by atoms with Crippen molar-refractivity contribution in [3.8, 4) is 11.1 Å². The fraction of sp³-hybridized carbons (Fsp3) is 0. The van der Waals surface area contributed by atoms with E-state index >= 15 is 0 Å². The SMILES string of the molecule is O=C(O)c1cc(Cl)cc(-c2cccc(F)c2)c1. The molecule has 0 fully saturated rings. The van der Waals surface area contributed by atoms with E-state index in [9.17, 15) is 9.18 Å². The van der Waals surface area contributed by atoms with Crippen LogP contribution in [0.4, 0.5) is 4.39 Å². The summed E-state index contributed by atoms with van der Waals surface area (Å²) >= 11 is 5.83. The van der Waals surface area contributed by atoms with Crippen LogP contribution >= 0.6 is 11.6 Å². The molecule has 1 N–H and O–H groups in total. The van der Waals surface area contributed by atoms with Gasteiger partial charge in [0.05, 0.1) is 5.56 Å². The zero-order valence-electron chi connectivity index (χ0n) is 8.65. The van der Waals surface area contributed by atoms with E-state index < -0.39 is 5.97 Å². The number of carboxylic acid groups (broad SMARTS) is 1. The second-order valence-corrected chi connectivity index (χ2v) is 3.98. The highest BCUT2D eigenvalue weighted by Gasteiger charge is 2.08. The Morgan fingerprint density at radius 3 is 2.53 bits per heavy atom. The van der Waals surface area contributed by atoms with Crippen molar-refractivity contribution in [3.05, 3.63) is 58.9 Å². The van der Waals surface area contributed by atoms with Crippen molar-refractivity contribution in [2.75, 3.05) is 0 Å². The first kappa shape index (κ1) is 11.6. The molecule has 2 aromatic carbocycles. The predicted molar refractivity (Wildman–Crippen MR) is 63.8 cm³/mol. The van der Waals surface area contributed by atoms with E-state index in [0.717, 1.165) is 0 Å². The van der Waals surface area contributed by atoms with E-state index in [1.165, 1.54) is 24.3 Å². The molecule has 0 amide bonds. The topological polar surface area (TPSA) is 37.3 Å². The minimum absolute atomic E-state index is 0.0803. The van der Waals surface area contributed by atoms with Crippen molar-refractivity contribution in [2.45, 2.75) is 0 Å². The van der Waals surface area contributed by atoms with Crippen molar-refractivity contribution in [2.24, 2.45) is 0 Å². The first-order valence-corrected chi connectivity index (χ1v) is 5.24. The second-order valence-electron chi connectivity index (χ2n) is 3.54. The molecule has 86 valence electrons. The van der Waals surface area contributed by atoms with Gasteiger partial charge in [0.25, 0.3) is 0 Å². The van der Waals surface area contributed by atoms with E-state index in [-0.39, 0.29) is 11.4 Å². The van der Waals surface area contributed by atoms with Crippen LogP contribution in [0.25, 0.3) is 11.1 Å². The molecule has 0 saturated carbocycles. The minimum Gasteiger partial charge on any atom is -0.478 e. The zero-order chi connectivity index (χ0) is 12.4. The van der Waals surface area contributed by atoms with Crippen LogP contribution < -0.4 is 0 Å². The Bertz CT molecular complexity index is 581. The lowest BCUT2D eigenvalue weighted by Gasteiger charge is -2.04. The number of carboxylic acids is 1. The lowest BCUT2D eigenvalue weighted by molar-refractivity contribution is 0.0697. The molecule has 0 unspecified atom stereocenters. The molecule has 0 saturated heterocycles. The summed E-state index contributed by atoms with van der Waals surface area (Å²) in [6.45, 7) is 0. The van der Waals surface area contributed by atoms with Gasteiger partial charge in [0.2, 0.25) is 0 Å². The molecule has 4 heteroatoms. The molecule has 0 radical (unpaired) electrons. The fourth-order valence-electron chi connectivity index (χ4n) is 1.55. The van der Waals surface area contributed by atoms with Gasteiger partial charge < -0.3 is 5.11 Å². The molecule has 17 heavy (non-hydrogen) atoms. The van der Waals surface area contributed by atoms with Gasteiger partial charge in [-0.2, -0.15) is 0 Å². The number of halogens is 2. The van der Waals surface area contributed by atoms with Gasteiger partial charge in [-0.15, -0.1) is 0 Å². The molecule has 0 aliphatic heterocycles. The number of carbonyl (C=O) groups is 1. The van der Waals surface area contributed by atoms with Crippen LogP contribution in [-0.2, 0) is 0 Å². The molecule has 0 aliphatic rings. The summed E-state index contributed by atoms with van der Waals surface area (Å²) in [6, 6.07) is 10.3. The first-order chi connectivity index (χ1) is 8.06. The van der Waals surface area contributed by atoms with E-state index in [1.54, 1.807) is 18.2 Å². The van der Waals surface area contributed by atoms with Crippen molar-refractivity contribution < 1.29 is 14.3 Å². The van der Waals surface area contributed by atoms with Gasteiger partial charge in [0, 0.05) is 5.02 Å². The van der Waals surface area contributed by atoms with Gasteiger partial charge in [0.15, 0.2) is 0 Å². The lowest BCUT2D eigenvalue weighted by Crippen LogP contribution is -1.96. The normalized spacial score (nSPS) is 10.2. The molecule has 2 rings (SSSR count). The average molecular weight is 251 g/mol. The summed E-state index contributed by atoms with van der Waals surface area (Å²) in [5, 5.41) is 9.21. The Balaban J connectivity index is 2.56. The highest BCUT2D eigenvalue weighted by molar-refractivity contribution is 6.31. The summed E-state index contributed by atoms with van der Waals surface area (Å²) in [5.41, 5.74) is 1.25. The number of hydrogen-bond donors (Lipinski definition) is 1. The van der Waals surface area contributed by atoms with Crippen molar-refractivity contribution in [1.29, 1.82) is 0 Å². The number of rotatable bonds is 2. The summed E-state index contributed by atoms with van der Waals surface area (Å²) in [4.78, 5) is 10.9. The second kappa shape index (κ2) is 4.55. The van der Waals surface area contributed by atoms with E-state index in [2.05, 4.69) is 0 Å². The summed E-state index contributed by atoms with van der Waals surface area (Å²) in [6.07, 6.45) is 0. The molecule has 0 atom stereocenters. The maximum atomic E-state index is 13.1. The molecule has 2 nitrogen and oxygen atoms in total. The summed E-state index contributed by atoms with van der Waals surface area (Å²) in [5.74, 6) is -1.44. The quantitative estimate of drug-likeness (QED) is 0.879. The van der Waals surface area contributed by atoms with Crippen LogP contribution in [0, 0.1) is 5.82 Å². The smallest absolute Gasteiger partial charge is 0.335 e. The largest absolute Gasteiger partial charge is 0.478 e. The van der Waals surface area contributed by atoms with Crippen LogP contribution in [0.3, 0.4) is 0 Å². The zero-order valence-corrected chi connectivity index (χ0v) is 9.41. The average Bonchev–Trinajstić information content (AvgIpc) is 2.28. The Kier molecular flexibility index (Phi) is 3.11. The Hall–Kier alpha value is -1.87. The highest BCUT2D eigenvalue weighted by Crippen LogP contribution is 2.25. The minimum atomic E-state index is -1.06. The molecular weight excluding hydrogens is 243 g/mol. The molecular formula is C13H8ClFO2. The van der Waals surface area contributed by atoms with Gasteiger partial charge >= 0.3 is 5.97 Å². The number of hydrogen-bond acceptors (Lipinski definition) is 1. The Morgan fingerprint density at radius 2 is 1.88 bits per heavy atom. The predicted octanol–water partition coefficient (Wildman–Crippen LogP) is 3.84. The molecule has 0 spiro atoms. The maximum Gasteiger partial charge on any atom is 0.335 e. The molecule has 0 heterocycles. The molecule has 0 bridgehead atoms. The lowest BCUT2D eigenvalue weighted by atomic mass is 10.0. The van der Waals surface area contributed by atoms with Crippen molar-refractivity contribution >= 4 is 17.6 Å². The van der Waals surface area contributed by atoms with Gasteiger partial charge in [-0.05, 0) is 41.5 Å².